The number of piperidine rings is 1. The summed E-state index contributed by atoms with van der Waals surface area (Å²) in [5.41, 5.74) is 0.510. The number of amides is 1. The maximum Gasteiger partial charge on any atom is 0.387 e. The van der Waals surface area contributed by atoms with Crippen molar-refractivity contribution in [3.63, 3.8) is 0 Å². The Hall–Kier alpha value is -1.69. The molecular formula is C17H22F2N2O2. The molecule has 1 heterocycles. The molecule has 23 heavy (non-hydrogen) atoms. The predicted molar refractivity (Wildman–Crippen MR) is 82.7 cm³/mol. The van der Waals surface area contributed by atoms with Gasteiger partial charge in [0.25, 0.3) is 5.91 Å². The zero-order valence-electron chi connectivity index (χ0n) is 13.0. The lowest BCUT2D eigenvalue weighted by Crippen LogP contribution is -2.45. The third-order valence-corrected chi connectivity index (χ3v) is 4.50. The number of alkyl halides is 2. The second kappa shape index (κ2) is 7.25. The second-order valence-electron chi connectivity index (χ2n) is 6.32. The Labute approximate surface area is 134 Å². The Morgan fingerprint density at radius 2 is 1.83 bits per heavy atom. The van der Waals surface area contributed by atoms with Crippen LogP contribution in [0.15, 0.2) is 24.3 Å². The molecule has 0 unspecified atom stereocenters. The van der Waals surface area contributed by atoms with Gasteiger partial charge in [-0.05, 0) is 62.4 Å². The minimum Gasteiger partial charge on any atom is -0.435 e. The van der Waals surface area contributed by atoms with Gasteiger partial charge in [0, 0.05) is 24.7 Å². The average Bonchev–Trinajstić information content (AvgIpc) is 3.37. The van der Waals surface area contributed by atoms with Crippen LogP contribution in [0.3, 0.4) is 0 Å². The monoisotopic (exact) mass is 324 g/mol. The topological polar surface area (TPSA) is 41.6 Å². The van der Waals surface area contributed by atoms with Crippen LogP contribution in [-0.2, 0) is 0 Å². The van der Waals surface area contributed by atoms with Gasteiger partial charge in [-0.2, -0.15) is 8.78 Å². The molecule has 0 aromatic heterocycles. The molecular weight excluding hydrogens is 302 g/mol. The van der Waals surface area contributed by atoms with Crippen molar-refractivity contribution in [1.29, 1.82) is 0 Å². The first-order valence-corrected chi connectivity index (χ1v) is 8.19. The van der Waals surface area contributed by atoms with E-state index in [4.69, 9.17) is 0 Å². The number of hydrogen-bond donors (Lipinski definition) is 1. The van der Waals surface area contributed by atoms with E-state index in [-0.39, 0.29) is 11.7 Å². The van der Waals surface area contributed by atoms with Gasteiger partial charge >= 0.3 is 6.61 Å². The van der Waals surface area contributed by atoms with E-state index < -0.39 is 6.61 Å². The van der Waals surface area contributed by atoms with Crippen molar-refractivity contribution < 1.29 is 18.3 Å². The Morgan fingerprint density at radius 1 is 1.17 bits per heavy atom. The van der Waals surface area contributed by atoms with Crippen LogP contribution in [0, 0.1) is 5.92 Å². The number of nitrogens with zero attached hydrogens (tertiary/aromatic N) is 1. The Morgan fingerprint density at radius 3 is 2.39 bits per heavy atom. The van der Waals surface area contributed by atoms with E-state index in [0.29, 0.717) is 11.6 Å². The Balaban J connectivity index is 1.48. The third kappa shape index (κ3) is 4.64. The lowest BCUT2D eigenvalue weighted by atomic mass is 10.0. The SMILES string of the molecule is O=C(c1ccc(OC(F)F)cc1)N1CCC(NCC2CC2)CC1. The van der Waals surface area contributed by atoms with E-state index in [9.17, 15) is 13.6 Å². The number of benzene rings is 1. The molecule has 2 aliphatic rings. The molecule has 0 atom stereocenters. The Bertz CT molecular complexity index is 524. The zero-order valence-corrected chi connectivity index (χ0v) is 13.0. The van der Waals surface area contributed by atoms with E-state index in [0.717, 1.165) is 38.4 Å². The maximum atomic E-state index is 12.4. The number of ether oxygens (including phenoxy) is 1. The van der Waals surface area contributed by atoms with Crippen molar-refractivity contribution in [2.24, 2.45) is 5.92 Å². The standard InChI is InChI=1S/C17H22F2N2O2/c18-17(19)23-15-5-3-13(4-6-15)16(22)21-9-7-14(8-10-21)20-11-12-1-2-12/h3-6,12,14,17,20H,1-2,7-11H2. The largest absolute Gasteiger partial charge is 0.435 e. The van der Waals surface area contributed by atoms with E-state index in [2.05, 4.69) is 10.1 Å². The quantitative estimate of drug-likeness (QED) is 0.875. The molecule has 126 valence electrons. The van der Waals surface area contributed by atoms with Gasteiger partial charge in [0.1, 0.15) is 5.75 Å². The normalized spacial score (nSPS) is 19.2. The summed E-state index contributed by atoms with van der Waals surface area (Å²) in [4.78, 5) is 14.3. The van der Waals surface area contributed by atoms with E-state index in [1.165, 1.54) is 37.1 Å². The second-order valence-corrected chi connectivity index (χ2v) is 6.32. The van der Waals surface area contributed by atoms with Crippen molar-refractivity contribution >= 4 is 5.91 Å². The molecule has 0 bridgehead atoms. The number of carbonyl (C=O) groups is 1. The fraction of sp³-hybridized carbons (Fsp3) is 0.588. The van der Waals surface area contributed by atoms with Crippen LogP contribution in [0.4, 0.5) is 8.78 Å². The van der Waals surface area contributed by atoms with Crippen LogP contribution in [-0.4, -0.2) is 43.1 Å². The zero-order chi connectivity index (χ0) is 16.2. The van der Waals surface area contributed by atoms with Crippen LogP contribution < -0.4 is 10.1 Å². The van der Waals surface area contributed by atoms with Crippen molar-refractivity contribution in [1.82, 2.24) is 10.2 Å². The summed E-state index contributed by atoms with van der Waals surface area (Å²) in [5, 5.41) is 3.58. The highest BCUT2D eigenvalue weighted by atomic mass is 19.3. The number of rotatable bonds is 6. The van der Waals surface area contributed by atoms with Gasteiger partial charge in [0.2, 0.25) is 0 Å². The molecule has 1 amide bonds. The van der Waals surface area contributed by atoms with Crippen LogP contribution in [0.25, 0.3) is 0 Å². The van der Waals surface area contributed by atoms with E-state index >= 15 is 0 Å². The lowest BCUT2D eigenvalue weighted by molar-refractivity contribution is -0.0498. The number of carbonyl (C=O) groups excluding carboxylic acids is 1. The van der Waals surface area contributed by atoms with Crippen molar-refractivity contribution in [2.45, 2.75) is 38.3 Å². The number of hydrogen-bond acceptors (Lipinski definition) is 3. The number of nitrogens with one attached hydrogen (secondary N) is 1. The maximum absolute atomic E-state index is 12.4. The molecule has 1 aromatic carbocycles. The van der Waals surface area contributed by atoms with Crippen molar-refractivity contribution in [3.8, 4) is 5.75 Å². The summed E-state index contributed by atoms with van der Waals surface area (Å²) in [5.74, 6) is 0.886. The van der Waals surface area contributed by atoms with Gasteiger partial charge in [0.15, 0.2) is 0 Å². The van der Waals surface area contributed by atoms with Gasteiger partial charge in [-0.3, -0.25) is 4.79 Å². The first-order valence-electron chi connectivity index (χ1n) is 8.19. The third-order valence-electron chi connectivity index (χ3n) is 4.50. The molecule has 1 aliphatic heterocycles. The molecule has 6 heteroatoms. The summed E-state index contributed by atoms with van der Waals surface area (Å²) >= 11 is 0. The first-order chi connectivity index (χ1) is 11.1. The van der Waals surface area contributed by atoms with Gasteiger partial charge in [0.05, 0.1) is 0 Å². The van der Waals surface area contributed by atoms with Crippen LogP contribution in [0.5, 0.6) is 5.75 Å². The molecule has 1 saturated heterocycles. The summed E-state index contributed by atoms with van der Waals surface area (Å²) in [6, 6.07) is 6.39. The molecule has 1 aliphatic carbocycles. The fourth-order valence-corrected chi connectivity index (χ4v) is 2.90. The number of halogens is 2. The summed E-state index contributed by atoms with van der Waals surface area (Å²) < 4.78 is 28.5. The first kappa shape index (κ1) is 16.2. The van der Waals surface area contributed by atoms with Crippen molar-refractivity contribution in [3.05, 3.63) is 29.8 Å². The minimum atomic E-state index is -2.85. The molecule has 1 aromatic rings. The van der Waals surface area contributed by atoms with Gasteiger partial charge in [-0.25, -0.2) is 0 Å². The van der Waals surface area contributed by atoms with Gasteiger partial charge in [-0.1, -0.05) is 0 Å². The smallest absolute Gasteiger partial charge is 0.387 e. The van der Waals surface area contributed by atoms with Gasteiger partial charge < -0.3 is 15.0 Å². The molecule has 4 nitrogen and oxygen atoms in total. The molecule has 3 rings (SSSR count). The average molecular weight is 324 g/mol. The van der Waals surface area contributed by atoms with Gasteiger partial charge in [-0.15, -0.1) is 0 Å². The molecule has 1 saturated carbocycles. The molecule has 0 radical (unpaired) electrons. The number of likely N-dealkylation sites (tertiary alicyclic amines) is 1. The molecule has 0 spiro atoms. The molecule has 2 fully saturated rings. The highest BCUT2D eigenvalue weighted by Crippen LogP contribution is 2.28. The fourth-order valence-electron chi connectivity index (χ4n) is 2.90. The Kier molecular flexibility index (Phi) is 5.10. The highest BCUT2D eigenvalue weighted by Gasteiger charge is 2.26. The van der Waals surface area contributed by atoms with Crippen LogP contribution in [0.2, 0.25) is 0 Å². The predicted octanol–water partition coefficient (Wildman–Crippen LogP) is 2.89. The summed E-state index contributed by atoms with van der Waals surface area (Å²) in [6.45, 7) is -0.282. The lowest BCUT2D eigenvalue weighted by Gasteiger charge is -2.32. The summed E-state index contributed by atoms with van der Waals surface area (Å²) in [6.07, 6.45) is 4.61. The van der Waals surface area contributed by atoms with E-state index in [1.54, 1.807) is 0 Å². The van der Waals surface area contributed by atoms with E-state index in [1.807, 2.05) is 4.90 Å². The van der Waals surface area contributed by atoms with Crippen LogP contribution >= 0.6 is 0 Å². The van der Waals surface area contributed by atoms with Crippen LogP contribution in [0.1, 0.15) is 36.0 Å². The molecule has 1 N–H and O–H groups in total. The van der Waals surface area contributed by atoms with Crippen molar-refractivity contribution in [2.75, 3.05) is 19.6 Å². The summed E-state index contributed by atoms with van der Waals surface area (Å²) in [7, 11) is 0. The minimum absolute atomic E-state index is 0.0470. The highest BCUT2D eigenvalue weighted by molar-refractivity contribution is 5.94.